The highest BCUT2D eigenvalue weighted by atomic mass is 16.5. The zero-order valence-electron chi connectivity index (χ0n) is 23.6. The Hall–Kier alpha value is -4.76. The molecule has 1 saturated heterocycles. The van der Waals surface area contributed by atoms with Crippen LogP contribution in [0.1, 0.15) is 28.0 Å². The molecule has 1 atom stereocenters. The lowest BCUT2D eigenvalue weighted by atomic mass is 10.0. The summed E-state index contributed by atoms with van der Waals surface area (Å²) in [6.45, 7) is 4.68. The number of aromatic nitrogens is 2. The SMILES string of the molecule is CN1C(=O)[C@H](NC(=O)c2cc(Oc3ccccc3)ccn2)CCc2ccc(CN3CCN(c4ccncc4)CC3)cc21. The first kappa shape index (κ1) is 27.4. The smallest absolute Gasteiger partial charge is 0.270 e. The Bertz CT molecular complexity index is 1540. The number of piperazine rings is 1. The van der Waals surface area contributed by atoms with E-state index in [1.807, 2.05) is 42.7 Å². The van der Waals surface area contributed by atoms with Crippen LogP contribution in [-0.2, 0) is 17.8 Å². The number of ether oxygens (including phenoxy) is 1. The van der Waals surface area contributed by atoms with Crippen molar-refractivity contribution >= 4 is 23.2 Å². The molecule has 0 saturated carbocycles. The summed E-state index contributed by atoms with van der Waals surface area (Å²) in [6.07, 6.45) is 6.40. The van der Waals surface area contributed by atoms with Crippen molar-refractivity contribution in [1.82, 2.24) is 20.2 Å². The first-order valence-electron chi connectivity index (χ1n) is 14.3. The summed E-state index contributed by atoms with van der Waals surface area (Å²) < 4.78 is 5.85. The zero-order valence-corrected chi connectivity index (χ0v) is 23.6. The number of benzene rings is 2. The molecule has 0 bridgehead atoms. The van der Waals surface area contributed by atoms with Gasteiger partial charge in [-0.1, -0.05) is 30.3 Å². The highest BCUT2D eigenvalue weighted by Crippen LogP contribution is 2.29. The molecular weight excluding hydrogens is 528 g/mol. The van der Waals surface area contributed by atoms with Crippen molar-refractivity contribution in [3.63, 3.8) is 0 Å². The minimum atomic E-state index is -0.653. The quantitative estimate of drug-likeness (QED) is 0.359. The van der Waals surface area contributed by atoms with Crippen molar-refractivity contribution in [3.8, 4) is 11.5 Å². The van der Waals surface area contributed by atoms with Gasteiger partial charge < -0.3 is 19.9 Å². The first-order valence-corrected chi connectivity index (χ1v) is 14.3. The van der Waals surface area contributed by atoms with E-state index in [9.17, 15) is 9.59 Å². The van der Waals surface area contributed by atoms with E-state index in [0.717, 1.165) is 44.0 Å². The van der Waals surface area contributed by atoms with Gasteiger partial charge in [0.15, 0.2) is 0 Å². The van der Waals surface area contributed by atoms with Crippen molar-refractivity contribution < 1.29 is 14.3 Å². The van der Waals surface area contributed by atoms with Gasteiger partial charge in [0, 0.05) is 75.8 Å². The molecule has 1 fully saturated rings. The lowest BCUT2D eigenvalue weighted by Crippen LogP contribution is -2.47. The normalized spacial score (nSPS) is 17.4. The number of para-hydroxylation sites is 1. The molecule has 2 aromatic heterocycles. The van der Waals surface area contributed by atoms with Gasteiger partial charge in [0.2, 0.25) is 5.91 Å². The average Bonchev–Trinajstić information content (AvgIpc) is 3.14. The molecule has 2 aliphatic rings. The number of nitrogens with zero attached hydrogens (tertiary/aromatic N) is 5. The molecular formula is C33H34N6O3. The monoisotopic (exact) mass is 562 g/mol. The van der Waals surface area contributed by atoms with E-state index in [2.05, 4.69) is 55.4 Å². The maximum Gasteiger partial charge on any atom is 0.270 e. The summed E-state index contributed by atoms with van der Waals surface area (Å²) in [7, 11) is 1.79. The molecule has 0 spiro atoms. The van der Waals surface area contributed by atoms with Crippen molar-refractivity contribution in [2.75, 3.05) is 43.0 Å². The second-order valence-electron chi connectivity index (χ2n) is 10.7. The molecule has 2 amide bonds. The molecule has 0 unspecified atom stereocenters. The molecule has 1 N–H and O–H groups in total. The fourth-order valence-corrected chi connectivity index (χ4v) is 5.57. The molecule has 42 heavy (non-hydrogen) atoms. The van der Waals surface area contributed by atoms with E-state index < -0.39 is 11.9 Å². The first-order chi connectivity index (χ1) is 20.5. The standard InChI is InChI=1S/C33H34N6O3/c1-37-31-21-24(23-38-17-19-39(20-18-38)26-11-14-34-15-12-26)7-8-25(31)9-10-29(33(37)41)36-32(40)30-22-28(13-16-35-30)42-27-5-3-2-4-6-27/h2-8,11-16,21-22,29H,9-10,17-20,23H2,1H3,(H,36,40)/t29-/m1/s1. The number of amides is 2. The maximum atomic E-state index is 13.5. The van der Waals surface area contributed by atoms with Gasteiger partial charge in [-0.2, -0.15) is 0 Å². The number of anilines is 2. The van der Waals surface area contributed by atoms with E-state index >= 15 is 0 Å². The Labute approximate surface area is 245 Å². The number of likely N-dealkylation sites (N-methyl/N-ethyl adjacent to an activating group) is 1. The van der Waals surface area contributed by atoms with Gasteiger partial charge in [0.1, 0.15) is 23.2 Å². The Morgan fingerprint density at radius 3 is 2.50 bits per heavy atom. The second kappa shape index (κ2) is 12.4. The Morgan fingerprint density at radius 1 is 0.929 bits per heavy atom. The second-order valence-corrected chi connectivity index (χ2v) is 10.7. The molecule has 0 radical (unpaired) electrons. The summed E-state index contributed by atoms with van der Waals surface area (Å²) in [5.41, 5.74) is 4.59. The Kier molecular flexibility index (Phi) is 8.09. The third-order valence-corrected chi connectivity index (χ3v) is 7.90. The van der Waals surface area contributed by atoms with E-state index in [1.165, 1.54) is 17.4 Å². The summed E-state index contributed by atoms with van der Waals surface area (Å²) in [6, 6.07) is 22.5. The molecule has 6 rings (SSSR count). The molecule has 0 aliphatic carbocycles. The largest absolute Gasteiger partial charge is 0.457 e. The van der Waals surface area contributed by atoms with Crippen LogP contribution in [0.2, 0.25) is 0 Å². The van der Waals surface area contributed by atoms with E-state index in [0.29, 0.717) is 24.3 Å². The highest BCUT2D eigenvalue weighted by molar-refractivity contribution is 6.02. The number of rotatable bonds is 7. The van der Waals surface area contributed by atoms with Crippen LogP contribution in [0, 0.1) is 0 Å². The van der Waals surface area contributed by atoms with Gasteiger partial charge in [-0.25, -0.2) is 0 Å². The Balaban J connectivity index is 1.08. The lowest BCUT2D eigenvalue weighted by molar-refractivity contribution is -0.120. The zero-order chi connectivity index (χ0) is 28.9. The van der Waals surface area contributed by atoms with Crippen LogP contribution in [0.25, 0.3) is 0 Å². The lowest BCUT2D eigenvalue weighted by Gasteiger charge is -2.36. The van der Waals surface area contributed by atoms with Crippen molar-refractivity contribution in [2.24, 2.45) is 0 Å². The molecule has 9 heteroatoms. The van der Waals surface area contributed by atoms with Crippen LogP contribution in [-0.4, -0.2) is 66.0 Å². The number of carbonyl (C=O) groups is 2. The fraction of sp³-hybridized carbons (Fsp3) is 0.273. The maximum absolute atomic E-state index is 13.5. The van der Waals surface area contributed by atoms with Gasteiger partial charge in [0.05, 0.1) is 0 Å². The molecule has 2 aliphatic heterocycles. The fourth-order valence-electron chi connectivity index (χ4n) is 5.57. The van der Waals surface area contributed by atoms with Crippen LogP contribution in [0.3, 0.4) is 0 Å². The molecule has 4 aromatic rings. The van der Waals surface area contributed by atoms with Crippen molar-refractivity contribution in [3.05, 3.63) is 108 Å². The van der Waals surface area contributed by atoms with Crippen LogP contribution in [0.15, 0.2) is 91.4 Å². The van der Waals surface area contributed by atoms with Crippen molar-refractivity contribution in [2.45, 2.75) is 25.4 Å². The minimum Gasteiger partial charge on any atom is -0.457 e. The number of hydrogen-bond donors (Lipinski definition) is 1. The number of fused-ring (bicyclic) bond motifs is 1. The number of hydrogen-bond acceptors (Lipinski definition) is 7. The average molecular weight is 563 g/mol. The van der Waals surface area contributed by atoms with Crippen LogP contribution in [0.4, 0.5) is 11.4 Å². The van der Waals surface area contributed by atoms with Gasteiger partial charge in [0.25, 0.3) is 5.91 Å². The number of carbonyl (C=O) groups excluding carboxylic acids is 2. The highest BCUT2D eigenvalue weighted by Gasteiger charge is 2.30. The Morgan fingerprint density at radius 2 is 1.71 bits per heavy atom. The molecule has 9 nitrogen and oxygen atoms in total. The summed E-state index contributed by atoms with van der Waals surface area (Å²) in [5.74, 6) is 0.629. The molecule has 214 valence electrons. The third kappa shape index (κ3) is 6.26. The number of nitrogens with one attached hydrogen (secondary N) is 1. The van der Waals surface area contributed by atoms with E-state index in [1.54, 1.807) is 24.1 Å². The predicted octanol–water partition coefficient (Wildman–Crippen LogP) is 4.30. The minimum absolute atomic E-state index is 0.137. The van der Waals surface area contributed by atoms with Crippen LogP contribution < -0.4 is 19.9 Å². The molecule has 4 heterocycles. The summed E-state index contributed by atoms with van der Waals surface area (Å²) >= 11 is 0. The van der Waals surface area contributed by atoms with E-state index in [4.69, 9.17) is 4.74 Å². The predicted molar refractivity (Wildman–Crippen MR) is 162 cm³/mol. The van der Waals surface area contributed by atoms with Gasteiger partial charge in [-0.15, -0.1) is 0 Å². The van der Waals surface area contributed by atoms with Crippen molar-refractivity contribution in [1.29, 1.82) is 0 Å². The van der Waals surface area contributed by atoms with Crippen LogP contribution in [0.5, 0.6) is 11.5 Å². The number of aryl methyl sites for hydroxylation is 1. The molecule has 2 aromatic carbocycles. The summed E-state index contributed by atoms with van der Waals surface area (Å²) in [5, 5.41) is 2.91. The van der Waals surface area contributed by atoms with Gasteiger partial charge >= 0.3 is 0 Å². The van der Waals surface area contributed by atoms with Crippen LogP contribution >= 0.6 is 0 Å². The van der Waals surface area contributed by atoms with Gasteiger partial charge in [-0.3, -0.25) is 24.5 Å². The number of pyridine rings is 2. The topological polar surface area (TPSA) is 90.9 Å². The third-order valence-electron chi connectivity index (χ3n) is 7.90. The van der Waals surface area contributed by atoms with E-state index in [-0.39, 0.29) is 11.6 Å². The van der Waals surface area contributed by atoms with Gasteiger partial charge in [-0.05, 0) is 60.4 Å². The summed E-state index contributed by atoms with van der Waals surface area (Å²) in [4.78, 5) is 41.5.